The Morgan fingerprint density at radius 3 is 3.00 bits per heavy atom. The highest BCUT2D eigenvalue weighted by atomic mass is 35.5. The zero-order chi connectivity index (χ0) is 15.9. The number of imidazole rings is 1. The standard InChI is InChI=1S/C14H14ClN3O4/c1-2-22-13(19)12-11-9(4-6-18(12)14(20)21)16-10-7-8(15)3-5-17(10)11/h3,5,7,12H,2,4,6H2,1H3,(H,20,21). The molecule has 3 rings (SSSR count). The summed E-state index contributed by atoms with van der Waals surface area (Å²) in [5, 5.41) is 9.90. The summed E-state index contributed by atoms with van der Waals surface area (Å²) in [5.41, 5.74) is 1.80. The molecule has 1 amide bonds. The molecule has 116 valence electrons. The molecule has 0 spiro atoms. The first-order valence-electron chi connectivity index (χ1n) is 6.85. The van der Waals surface area contributed by atoms with Crippen LogP contribution in [0, 0.1) is 0 Å². The van der Waals surface area contributed by atoms with Crippen molar-refractivity contribution >= 4 is 29.3 Å². The quantitative estimate of drug-likeness (QED) is 0.856. The van der Waals surface area contributed by atoms with Crippen molar-refractivity contribution in [3.8, 4) is 0 Å². The van der Waals surface area contributed by atoms with Crippen molar-refractivity contribution in [3.63, 3.8) is 0 Å². The smallest absolute Gasteiger partial charge is 0.408 e. The third kappa shape index (κ3) is 2.27. The summed E-state index contributed by atoms with van der Waals surface area (Å²) in [7, 11) is 0. The van der Waals surface area contributed by atoms with E-state index in [1.807, 2.05) is 0 Å². The maximum Gasteiger partial charge on any atom is 0.408 e. The van der Waals surface area contributed by atoms with Crippen molar-refractivity contribution in [1.82, 2.24) is 14.3 Å². The number of carbonyl (C=O) groups is 2. The van der Waals surface area contributed by atoms with E-state index in [1.165, 1.54) is 0 Å². The van der Waals surface area contributed by atoms with E-state index in [-0.39, 0.29) is 13.2 Å². The number of halogens is 1. The Labute approximate surface area is 131 Å². The van der Waals surface area contributed by atoms with Crippen LogP contribution >= 0.6 is 11.6 Å². The van der Waals surface area contributed by atoms with Gasteiger partial charge < -0.3 is 14.2 Å². The van der Waals surface area contributed by atoms with E-state index < -0.39 is 18.1 Å². The Bertz CT molecular complexity index is 758. The number of fused-ring (bicyclic) bond motifs is 3. The van der Waals surface area contributed by atoms with Gasteiger partial charge in [-0.3, -0.25) is 4.90 Å². The van der Waals surface area contributed by atoms with E-state index >= 15 is 0 Å². The minimum absolute atomic E-state index is 0.181. The minimum Gasteiger partial charge on any atom is -0.465 e. The van der Waals surface area contributed by atoms with Crippen LogP contribution in [0.5, 0.6) is 0 Å². The second kappa shape index (κ2) is 5.49. The normalized spacial score (nSPS) is 17.4. The SMILES string of the molecule is CCOC(=O)C1c2c(nc3cc(Cl)ccn23)CCN1C(=O)O. The fourth-order valence-corrected chi connectivity index (χ4v) is 2.88. The molecular weight excluding hydrogens is 310 g/mol. The van der Waals surface area contributed by atoms with Gasteiger partial charge >= 0.3 is 12.1 Å². The van der Waals surface area contributed by atoms with Gasteiger partial charge in [-0.25, -0.2) is 14.6 Å². The molecule has 0 fully saturated rings. The highest BCUT2D eigenvalue weighted by Gasteiger charge is 2.40. The molecule has 0 saturated heterocycles. The second-order valence-corrected chi connectivity index (χ2v) is 5.33. The number of nitrogens with zero attached hydrogens (tertiary/aromatic N) is 3. The van der Waals surface area contributed by atoms with Crippen molar-refractivity contribution in [2.45, 2.75) is 19.4 Å². The molecule has 1 N–H and O–H groups in total. The van der Waals surface area contributed by atoms with Gasteiger partial charge in [0.2, 0.25) is 0 Å². The molecule has 0 aromatic carbocycles. The highest BCUT2D eigenvalue weighted by molar-refractivity contribution is 6.30. The van der Waals surface area contributed by atoms with Crippen molar-refractivity contribution in [3.05, 3.63) is 34.7 Å². The molecule has 1 aliphatic heterocycles. The van der Waals surface area contributed by atoms with Crippen LogP contribution in [-0.4, -0.2) is 44.6 Å². The Morgan fingerprint density at radius 1 is 1.55 bits per heavy atom. The van der Waals surface area contributed by atoms with E-state index in [4.69, 9.17) is 16.3 Å². The molecule has 0 saturated carbocycles. The highest BCUT2D eigenvalue weighted by Crippen LogP contribution is 2.32. The lowest BCUT2D eigenvalue weighted by atomic mass is 10.0. The molecule has 2 aromatic heterocycles. The van der Waals surface area contributed by atoms with E-state index in [0.717, 1.165) is 4.90 Å². The third-order valence-electron chi connectivity index (χ3n) is 3.62. The van der Waals surface area contributed by atoms with Gasteiger partial charge in [0.05, 0.1) is 18.0 Å². The van der Waals surface area contributed by atoms with Gasteiger partial charge in [-0.1, -0.05) is 11.6 Å². The van der Waals surface area contributed by atoms with Crippen molar-refractivity contribution in [2.75, 3.05) is 13.2 Å². The summed E-state index contributed by atoms with van der Waals surface area (Å²) in [6.07, 6.45) is 0.963. The molecule has 1 atom stereocenters. The van der Waals surface area contributed by atoms with Crippen LogP contribution in [0.15, 0.2) is 18.3 Å². The Hall–Kier alpha value is -2.28. The number of aromatic nitrogens is 2. The first-order valence-corrected chi connectivity index (χ1v) is 7.23. The van der Waals surface area contributed by atoms with Gasteiger partial charge in [0.25, 0.3) is 0 Å². The van der Waals surface area contributed by atoms with Crippen LogP contribution in [0.2, 0.25) is 5.02 Å². The van der Waals surface area contributed by atoms with Gasteiger partial charge in [0, 0.05) is 30.3 Å². The zero-order valence-electron chi connectivity index (χ0n) is 11.8. The lowest BCUT2D eigenvalue weighted by Gasteiger charge is -2.31. The number of ether oxygens (including phenoxy) is 1. The average Bonchev–Trinajstić information content (AvgIpc) is 2.83. The monoisotopic (exact) mass is 323 g/mol. The van der Waals surface area contributed by atoms with Crippen LogP contribution in [-0.2, 0) is 16.0 Å². The molecule has 8 heteroatoms. The van der Waals surface area contributed by atoms with Crippen LogP contribution < -0.4 is 0 Å². The third-order valence-corrected chi connectivity index (χ3v) is 3.85. The zero-order valence-corrected chi connectivity index (χ0v) is 12.6. The Morgan fingerprint density at radius 2 is 2.32 bits per heavy atom. The summed E-state index contributed by atoms with van der Waals surface area (Å²) in [5.74, 6) is -0.595. The maximum atomic E-state index is 12.3. The van der Waals surface area contributed by atoms with E-state index in [0.29, 0.717) is 28.5 Å². The van der Waals surface area contributed by atoms with Crippen LogP contribution in [0.1, 0.15) is 24.4 Å². The summed E-state index contributed by atoms with van der Waals surface area (Å²) >= 11 is 5.96. The summed E-state index contributed by atoms with van der Waals surface area (Å²) in [6.45, 7) is 2.06. The van der Waals surface area contributed by atoms with Gasteiger partial charge in [-0.15, -0.1) is 0 Å². The number of rotatable bonds is 2. The number of carboxylic acid groups (broad SMARTS) is 1. The first kappa shape index (κ1) is 14.6. The molecule has 1 aliphatic rings. The van der Waals surface area contributed by atoms with Gasteiger partial charge in [0.15, 0.2) is 6.04 Å². The van der Waals surface area contributed by atoms with Gasteiger partial charge in [-0.2, -0.15) is 0 Å². The Balaban J connectivity index is 2.18. The minimum atomic E-state index is -1.16. The molecule has 22 heavy (non-hydrogen) atoms. The van der Waals surface area contributed by atoms with Gasteiger partial charge in [-0.05, 0) is 13.0 Å². The predicted octanol–water partition coefficient (Wildman–Crippen LogP) is 2.13. The molecule has 1 unspecified atom stereocenters. The lowest BCUT2D eigenvalue weighted by molar-refractivity contribution is -0.149. The number of hydrogen-bond donors (Lipinski definition) is 1. The number of hydrogen-bond acceptors (Lipinski definition) is 4. The van der Waals surface area contributed by atoms with Crippen molar-refractivity contribution < 1.29 is 19.4 Å². The van der Waals surface area contributed by atoms with E-state index in [9.17, 15) is 14.7 Å². The molecule has 2 aromatic rings. The van der Waals surface area contributed by atoms with Crippen LogP contribution in [0.3, 0.4) is 0 Å². The summed E-state index contributed by atoms with van der Waals surface area (Å²) in [6, 6.07) is 2.32. The number of pyridine rings is 1. The fourth-order valence-electron chi connectivity index (χ4n) is 2.73. The Kier molecular flexibility index (Phi) is 3.66. The number of amides is 1. The lowest BCUT2D eigenvalue weighted by Crippen LogP contribution is -2.44. The van der Waals surface area contributed by atoms with Gasteiger partial charge in [0.1, 0.15) is 5.65 Å². The molecule has 0 radical (unpaired) electrons. The van der Waals surface area contributed by atoms with E-state index in [1.54, 1.807) is 29.7 Å². The van der Waals surface area contributed by atoms with Crippen molar-refractivity contribution in [2.24, 2.45) is 0 Å². The van der Waals surface area contributed by atoms with E-state index in [2.05, 4.69) is 4.98 Å². The summed E-state index contributed by atoms with van der Waals surface area (Å²) in [4.78, 5) is 29.3. The largest absolute Gasteiger partial charge is 0.465 e. The topological polar surface area (TPSA) is 84.1 Å². The van der Waals surface area contributed by atoms with Crippen molar-refractivity contribution in [1.29, 1.82) is 0 Å². The average molecular weight is 324 g/mol. The molecule has 0 aliphatic carbocycles. The molecule has 3 heterocycles. The predicted molar refractivity (Wildman–Crippen MR) is 78.0 cm³/mol. The van der Waals surface area contributed by atoms with Crippen LogP contribution in [0.25, 0.3) is 5.65 Å². The second-order valence-electron chi connectivity index (χ2n) is 4.90. The summed E-state index contributed by atoms with van der Waals surface area (Å²) < 4.78 is 6.74. The van der Waals surface area contributed by atoms with Crippen LogP contribution in [0.4, 0.5) is 4.79 Å². The fraction of sp³-hybridized carbons (Fsp3) is 0.357. The number of carbonyl (C=O) groups excluding carboxylic acids is 1. The number of esters is 1. The molecule has 7 nitrogen and oxygen atoms in total. The molecule has 0 bridgehead atoms. The molecular formula is C14H14ClN3O4. The first-order chi connectivity index (χ1) is 10.5. The maximum absolute atomic E-state index is 12.3.